The van der Waals surface area contributed by atoms with E-state index in [1.807, 2.05) is 31.2 Å². The second kappa shape index (κ2) is 6.02. The molecule has 0 aliphatic carbocycles. The van der Waals surface area contributed by atoms with Crippen LogP contribution in [0.3, 0.4) is 0 Å². The molecule has 0 aliphatic heterocycles. The SMILES string of the molecule is CCNC(c1ccc(F)c(C)c1)c1ccc(CC)o1. The van der Waals surface area contributed by atoms with Crippen molar-refractivity contribution in [2.45, 2.75) is 33.2 Å². The van der Waals surface area contributed by atoms with Crippen molar-refractivity contribution in [2.75, 3.05) is 6.54 Å². The lowest BCUT2D eigenvalue weighted by Gasteiger charge is -2.17. The smallest absolute Gasteiger partial charge is 0.126 e. The van der Waals surface area contributed by atoms with Gasteiger partial charge in [-0.1, -0.05) is 26.0 Å². The monoisotopic (exact) mass is 261 g/mol. The summed E-state index contributed by atoms with van der Waals surface area (Å²) in [5, 5.41) is 3.38. The zero-order valence-electron chi connectivity index (χ0n) is 11.7. The molecule has 1 aromatic carbocycles. The molecule has 0 saturated carbocycles. The van der Waals surface area contributed by atoms with Gasteiger partial charge in [0, 0.05) is 6.42 Å². The highest BCUT2D eigenvalue weighted by Crippen LogP contribution is 2.25. The summed E-state index contributed by atoms with van der Waals surface area (Å²) in [7, 11) is 0. The standard InChI is InChI=1S/C16H20FNO/c1-4-13-7-9-15(19-13)16(18-5-2)12-6-8-14(17)11(3)10-12/h6-10,16,18H,4-5H2,1-3H3. The molecular formula is C16H20FNO. The topological polar surface area (TPSA) is 25.2 Å². The molecule has 1 heterocycles. The van der Waals surface area contributed by atoms with E-state index in [4.69, 9.17) is 4.42 Å². The molecule has 1 atom stereocenters. The third kappa shape index (κ3) is 3.04. The van der Waals surface area contributed by atoms with Crippen molar-refractivity contribution in [2.24, 2.45) is 0 Å². The van der Waals surface area contributed by atoms with Crippen molar-refractivity contribution in [1.82, 2.24) is 5.32 Å². The zero-order valence-corrected chi connectivity index (χ0v) is 11.7. The summed E-state index contributed by atoms with van der Waals surface area (Å²) in [6.07, 6.45) is 0.876. The van der Waals surface area contributed by atoms with Crippen LogP contribution in [0.4, 0.5) is 4.39 Å². The lowest BCUT2D eigenvalue weighted by Crippen LogP contribution is -2.21. The second-order valence-corrected chi connectivity index (χ2v) is 4.66. The summed E-state index contributed by atoms with van der Waals surface area (Å²) < 4.78 is 19.2. The Balaban J connectivity index is 2.35. The van der Waals surface area contributed by atoms with Gasteiger partial charge in [-0.2, -0.15) is 0 Å². The van der Waals surface area contributed by atoms with Crippen LogP contribution in [0.5, 0.6) is 0 Å². The van der Waals surface area contributed by atoms with E-state index in [0.717, 1.165) is 30.0 Å². The first-order chi connectivity index (χ1) is 9.15. The van der Waals surface area contributed by atoms with Gasteiger partial charge < -0.3 is 9.73 Å². The van der Waals surface area contributed by atoms with Crippen LogP contribution in [0.15, 0.2) is 34.7 Å². The minimum atomic E-state index is -0.173. The first-order valence-electron chi connectivity index (χ1n) is 6.73. The van der Waals surface area contributed by atoms with Gasteiger partial charge in [0.05, 0.1) is 6.04 Å². The molecule has 1 aromatic heterocycles. The zero-order chi connectivity index (χ0) is 13.8. The fourth-order valence-corrected chi connectivity index (χ4v) is 2.17. The Morgan fingerprint density at radius 1 is 1.21 bits per heavy atom. The number of nitrogens with one attached hydrogen (secondary N) is 1. The molecule has 1 unspecified atom stereocenters. The van der Waals surface area contributed by atoms with Crippen LogP contribution in [0.1, 0.15) is 42.5 Å². The third-order valence-electron chi connectivity index (χ3n) is 3.24. The predicted octanol–water partition coefficient (Wildman–Crippen LogP) is 3.99. The highest BCUT2D eigenvalue weighted by Gasteiger charge is 2.17. The largest absolute Gasteiger partial charge is 0.464 e. The van der Waals surface area contributed by atoms with Crippen LogP contribution in [0, 0.1) is 12.7 Å². The van der Waals surface area contributed by atoms with Crippen LogP contribution in [-0.4, -0.2) is 6.54 Å². The minimum Gasteiger partial charge on any atom is -0.464 e. The number of furan rings is 1. The highest BCUT2D eigenvalue weighted by molar-refractivity contribution is 5.31. The quantitative estimate of drug-likeness (QED) is 0.880. The Hall–Kier alpha value is -1.61. The maximum atomic E-state index is 13.4. The van der Waals surface area contributed by atoms with Crippen LogP contribution in [0.25, 0.3) is 0 Å². The fraction of sp³-hybridized carbons (Fsp3) is 0.375. The summed E-state index contributed by atoms with van der Waals surface area (Å²) in [5.41, 5.74) is 1.68. The molecule has 102 valence electrons. The number of aryl methyl sites for hydroxylation is 2. The van der Waals surface area contributed by atoms with Crippen LogP contribution < -0.4 is 5.32 Å². The van der Waals surface area contributed by atoms with Gasteiger partial charge in [0.25, 0.3) is 0 Å². The molecule has 1 N–H and O–H groups in total. The molecule has 2 nitrogen and oxygen atoms in total. The first-order valence-corrected chi connectivity index (χ1v) is 6.73. The minimum absolute atomic E-state index is 0.0235. The molecule has 3 heteroatoms. The van der Waals surface area contributed by atoms with Crippen molar-refractivity contribution in [3.8, 4) is 0 Å². The number of rotatable bonds is 5. The van der Waals surface area contributed by atoms with Gasteiger partial charge in [0.15, 0.2) is 0 Å². The molecule has 0 aliphatic rings. The Bertz CT molecular complexity index is 547. The van der Waals surface area contributed by atoms with Crippen molar-refractivity contribution in [3.05, 3.63) is 58.8 Å². The summed E-state index contributed by atoms with van der Waals surface area (Å²) in [4.78, 5) is 0. The lowest BCUT2D eigenvalue weighted by molar-refractivity contribution is 0.425. The van der Waals surface area contributed by atoms with E-state index in [9.17, 15) is 4.39 Å². The van der Waals surface area contributed by atoms with Crippen LogP contribution in [0.2, 0.25) is 0 Å². The summed E-state index contributed by atoms with van der Waals surface area (Å²) in [5.74, 6) is 1.68. The molecule has 2 aromatic rings. The van der Waals surface area contributed by atoms with Crippen molar-refractivity contribution in [3.63, 3.8) is 0 Å². The Kier molecular flexibility index (Phi) is 4.38. The van der Waals surface area contributed by atoms with Crippen molar-refractivity contribution >= 4 is 0 Å². The Morgan fingerprint density at radius 2 is 2.00 bits per heavy atom. The molecule has 19 heavy (non-hydrogen) atoms. The highest BCUT2D eigenvalue weighted by atomic mass is 19.1. The summed E-state index contributed by atoms with van der Waals surface area (Å²) >= 11 is 0. The van der Waals surface area contributed by atoms with Crippen LogP contribution in [-0.2, 0) is 6.42 Å². The lowest BCUT2D eigenvalue weighted by atomic mass is 10.0. The van der Waals surface area contributed by atoms with E-state index in [1.54, 1.807) is 6.92 Å². The number of benzene rings is 1. The predicted molar refractivity (Wildman–Crippen MR) is 74.7 cm³/mol. The normalized spacial score (nSPS) is 12.6. The molecule has 0 fully saturated rings. The molecule has 0 spiro atoms. The Labute approximate surface area is 113 Å². The van der Waals surface area contributed by atoms with Gasteiger partial charge in [-0.25, -0.2) is 4.39 Å². The number of hydrogen-bond donors (Lipinski definition) is 1. The molecule has 0 amide bonds. The van der Waals surface area contributed by atoms with E-state index in [0.29, 0.717) is 5.56 Å². The van der Waals surface area contributed by atoms with E-state index in [2.05, 4.69) is 12.2 Å². The van der Waals surface area contributed by atoms with E-state index >= 15 is 0 Å². The van der Waals surface area contributed by atoms with E-state index < -0.39 is 0 Å². The third-order valence-corrected chi connectivity index (χ3v) is 3.24. The second-order valence-electron chi connectivity index (χ2n) is 4.66. The molecule has 0 bridgehead atoms. The Morgan fingerprint density at radius 3 is 2.58 bits per heavy atom. The fourth-order valence-electron chi connectivity index (χ4n) is 2.17. The molecule has 0 saturated heterocycles. The van der Waals surface area contributed by atoms with Crippen LogP contribution >= 0.6 is 0 Å². The first kappa shape index (κ1) is 13.8. The maximum absolute atomic E-state index is 13.4. The van der Waals surface area contributed by atoms with Gasteiger partial charge >= 0.3 is 0 Å². The number of hydrogen-bond acceptors (Lipinski definition) is 2. The molecular weight excluding hydrogens is 241 g/mol. The molecule has 0 radical (unpaired) electrons. The van der Waals surface area contributed by atoms with Gasteiger partial charge in [-0.15, -0.1) is 0 Å². The maximum Gasteiger partial charge on any atom is 0.126 e. The average molecular weight is 261 g/mol. The summed E-state index contributed by atoms with van der Waals surface area (Å²) in [6.45, 7) is 6.71. The van der Waals surface area contributed by atoms with Gasteiger partial charge in [0.1, 0.15) is 17.3 Å². The summed E-state index contributed by atoms with van der Waals surface area (Å²) in [6, 6.07) is 9.16. The number of halogens is 1. The van der Waals surface area contributed by atoms with Crippen molar-refractivity contribution < 1.29 is 8.81 Å². The van der Waals surface area contributed by atoms with E-state index in [-0.39, 0.29) is 11.9 Å². The van der Waals surface area contributed by atoms with Gasteiger partial charge in [-0.05, 0) is 42.8 Å². The van der Waals surface area contributed by atoms with Gasteiger partial charge in [-0.3, -0.25) is 0 Å². The van der Waals surface area contributed by atoms with Crippen molar-refractivity contribution in [1.29, 1.82) is 0 Å². The molecule has 2 rings (SSSR count). The van der Waals surface area contributed by atoms with Gasteiger partial charge in [0.2, 0.25) is 0 Å². The average Bonchev–Trinajstić information content (AvgIpc) is 2.88. The van der Waals surface area contributed by atoms with E-state index in [1.165, 1.54) is 6.07 Å².